The topological polar surface area (TPSA) is 38.5 Å². The summed E-state index contributed by atoms with van der Waals surface area (Å²) in [4.78, 5) is 2.54. The van der Waals surface area contributed by atoms with E-state index in [1.165, 1.54) is 24.0 Å². The standard InChI is InChI=1S/C17H26N2O.ClH/c1-17(2)10-14-4-3-5-15(16(14)20-17)12-19-8-6-13(11-18)7-9-19;/h3-5,13H,6-12,18H2,1-2H3;1H. The van der Waals surface area contributed by atoms with Gasteiger partial charge in [0.1, 0.15) is 11.4 Å². The Morgan fingerprint density at radius 3 is 2.67 bits per heavy atom. The smallest absolute Gasteiger partial charge is 0.127 e. The first-order valence-electron chi connectivity index (χ1n) is 7.79. The number of likely N-dealkylation sites (tertiary alicyclic amines) is 1. The van der Waals surface area contributed by atoms with Crippen LogP contribution >= 0.6 is 12.4 Å². The van der Waals surface area contributed by atoms with Crippen LogP contribution < -0.4 is 10.5 Å². The highest BCUT2D eigenvalue weighted by Crippen LogP contribution is 2.38. The third-order valence-corrected chi connectivity index (χ3v) is 4.61. The van der Waals surface area contributed by atoms with Crippen LogP contribution in [0.4, 0.5) is 0 Å². The number of piperidine rings is 1. The Balaban J connectivity index is 0.00000161. The van der Waals surface area contributed by atoms with Gasteiger partial charge in [0, 0.05) is 18.5 Å². The zero-order valence-electron chi connectivity index (χ0n) is 13.1. The summed E-state index contributed by atoms with van der Waals surface area (Å²) in [5.41, 5.74) is 8.43. The van der Waals surface area contributed by atoms with Gasteiger partial charge in [0.2, 0.25) is 0 Å². The molecule has 21 heavy (non-hydrogen) atoms. The van der Waals surface area contributed by atoms with Gasteiger partial charge in [-0.25, -0.2) is 0 Å². The summed E-state index contributed by atoms with van der Waals surface area (Å²) < 4.78 is 6.16. The van der Waals surface area contributed by atoms with E-state index >= 15 is 0 Å². The summed E-state index contributed by atoms with van der Waals surface area (Å²) in [6, 6.07) is 6.59. The lowest BCUT2D eigenvalue weighted by Crippen LogP contribution is -2.35. The van der Waals surface area contributed by atoms with Crippen molar-refractivity contribution in [2.45, 2.75) is 45.3 Å². The van der Waals surface area contributed by atoms with E-state index < -0.39 is 0 Å². The molecule has 1 saturated heterocycles. The Bertz CT molecular complexity index is 482. The lowest BCUT2D eigenvalue weighted by molar-refractivity contribution is 0.132. The first-order valence-corrected chi connectivity index (χ1v) is 7.79. The van der Waals surface area contributed by atoms with Crippen molar-refractivity contribution in [2.75, 3.05) is 19.6 Å². The number of nitrogens with two attached hydrogens (primary N) is 1. The Labute approximate surface area is 134 Å². The molecular weight excluding hydrogens is 284 g/mol. The maximum Gasteiger partial charge on any atom is 0.127 e. The average Bonchev–Trinajstić information content (AvgIpc) is 2.75. The maximum atomic E-state index is 6.16. The van der Waals surface area contributed by atoms with Gasteiger partial charge in [0.05, 0.1) is 0 Å². The zero-order chi connectivity index (χ0) is 14.2. The first kappa shape index (κ1) is 16.6. The van der Waals surface area contributed by atoms with Crippen molar-refractivity contribution in [3.05, 3.63) is 29.3 Å². The number of hydrogen-bond acceptors (Lipinski definition) is 3. The largest absolute Gasteiger partial charge is 0.487 e. The van der Waals surface area contributed by atoms with Crippen LogP contribution in [-0.4, -0.2) is 30.1 Å². The van der Waals surface area contributed by atoms with Crippen molar-refractivity contribution in [3.8, 4) is 5.75 Å². The Morgan fingerprint density at radius 2 is 2.00 bits per heavy atom. The molecule has 3 nitrogen and oxygen atoms in total. The van der Waals surface area contributed by atoms with Crippen LogP contribution in [0.3, 0.4) is 0 Å². The molecule has 1 aromatic carbocycles. The van der Waals surface area contributed by atoms with Gasteiger partial charge in [-0.15, -0.1) is 12.4 Å². The number of ether oxygens (including phenoxy) is 1. The molecule has 1 aromatic rings. The summed E-state index contributed by atoms with van der Waals surface area (Å²) in [6.07, 6.45) is 3.49. The van der Waals surface area contributed by atoms with Crippen LogP contribution in [0.25, 0.3) is 0 Å². The normalized spacial score (nSPS) is 21.5. The molecule has 0 atom stereocenters. The van der Waals surface area contributed by atoms with Crippen molar-refractivity contribution in [2.24, 2.45) is 11.7 Å². The van der Waals surface area contributed by atoms with Crippen LogP contribution in [0.2, 0.25) is 0 Å². The van der Waals surface area contributed by atoms with E-state index in [0.717, 1.165) is 44.3 Å². The van der Waals surface area contributed by atoms with Crippen LogP contribution in [-0.2, 0) is 13.0 Å². The highest BCUT2D eigenvalue weighted by Gasteiger charge is 2.32. The lowest BCUT2D eigenvalue weighted by Gasteiger charge is -2.31. The maximum absolute atomic E-state index is 6.16. The number of nitrogens with zero attached hydrogens (tertiary/aromatic N) is 1. The molecule has 2 aliphatic rings. The summed E-state index contributed by atoms with van der Waals surface area (Å²) >= 11 is 0. The Kier molecular flexibility index (Phi) is 5.18. The second-order valence-electron chi connectivity index (χ2n) is 6.90. The molecule has 2 heterocycles. The number of para-hydroxylation sites is 1. The van der Waals surface area contributed by atoms with Crippen molar-refractivity contribution >= 4 is 12.4 Å². The highest BCUT2D eigenvalue weighted by molar-refractivity contribution is 5.85. The zero-order valence-corrected chi connectivity index (χ0v) is 13.9. The molecule has 0 aromatic heterocycles. The third kappa shape index (κ3) is 3.71. The fraction of sp³-hybridized carbons (Fsp3) is 0.647. The molecule has 4 heteroatoms. The molecule has 0 unspecified atom stereocenters. The quantitative estimate of drug-likeness (QED) is 0.933. The van der Waals surface area contributed by atoms with E-state index in [1.807, 2.05) is 0 Å². The van der Waals surface area contributed by atoms with E-state index in [0.29, 0.717) is 0 Å². The van der Waals surface area contributed by atoms with Gasteiger partial charge < -0.3 is 10.5 Å². The SMILES string of the molecule is CC1(C)Cc2cccc(CN3CCC(CN)CC3)c2O1.Cl. The van der Waals surface area contributed by atoms with Crippen molar-refractivity contribution in [3.63, 3.8) is 0 Å². The minimum absolute atomic E-state index is 0. The van der Waals surface area contributed by atoms with E-state index in [1.54, 1.807) is 0 Å². The van der Waals surface area contributed by atoms with E-state index in [9.17, 15) is 0 Å². The number of halogens is 1. The molecule has 2 aliphatic heterocycles. The van der Waals surface area contributed by atoms with Crippen LogP contribution in [0, 0.1) is 5.92 Å². The molecule has 3 rings (SSSR count). The first-order chi connectivity index (χ1) is 9.57. The highest BCUT2D eigenvalue weighted by atomic mass is 35.5. The third-order valence-electron chi connectivity index (χ3n) is 4.61. The van der Waals surface area contributed by atoms with Gasteiger partial charge in [0.15, 0.2) is 0 Å². The van der Waals surface area contributed by atoms with Gasteiger partial charge in [-0.05, 0) is 57.8 Å². The molecule has 0 saturated carbocycles. The minimum Gasteiger partial charge on any atom is -0.487 e. The molecule has 0 aliphatic carbocycles. The Morgan fingerprint density at radius 1 is 1.29 bits per heavy atom. The van der Waals surface area contributed by atoms with Gasteiger partial charge in [-0.1, -0.05) is 18.2 Å². The molecule has 0 radical (unpaired) electrons. The second kappa shape index (κ2) is 6.55. The van der Waals surface area contributed by atoms with Gasteiger partial charge >= 0.3 is 0 Å². The van der Waals surface area contributed by atoms with Crippen LogP contribution in [0.1, 0.15) is 37.8 Å². The van der Waals surface area contributed by atoms with Crippen molar-refractivity contribution in [1.82, 2.24) is 4.90 Å². The predicted octanol–water partition coefficient (Wildman–Crippen LogP) is 2.99. The predicted molar refractivity (Wildman–Crippen MR) is 89.2 cm³/mol. The average molecular weight is 311 g/mol. The molecule has 0 spiro atoms. The molecule has 1 fully saturated rings. The number of fused-ring (bicyclic) bond motifs is 1. The molecule has 0 amide bonds. The minimum atomic E-state index is -0.0506. The summed E-state index contributed by atoms with van der Waals surface area (Å²) in [6.45, 7) is 8.51. The number of rotatable bonds is 3. The number of benzene rings is 1. The van der Waals surface area contributed by atoms with Gasteiger partial charge in [0.25, 0.3) is 0 Å². The van der Waals surface area contributed by atoms with Crippen molar-refractivity contribution in [1.29, 1.82) is 0 Å². The molecular formula is C17H27ClN2O. The van der Waals surface area contributed by atoms with E-state index in [-0.39, 0.29) is 18.0 Å². The van der Waals surface area contributed by atoms with Crippen molar-refractivity contribution < 1.29 is 4.74 Å². The second-order valence-corrected chi connectivity index (χ2v) is 6.90. The van der Waals surface area contributed by atoms with Crippen LogP contribution in [0.5, 0.6) is 5.75 Å². The lowest BCUT2D eigenvalue weighted by atomic mass is 9.96. The summed E-state index contributed by atoms with van der Waals surface area (Å²) in [5.74, 6) is 1.86. The Hall–Kier alpha value is -0.770. The van der Waals surface area contributed by atoms with E-state index in [4.69, 9.17) is 10.5 Å². The molecule has 0 bridgehead atoms. The summed E-state index contributed by atoms with van der Waals surface area (Å²) in [7, 11) is 0. The molecule has 118 valence electrons. The fourth-order valence-corrected chi connectivity index (χ4v) is 3.43. The fourth-order valence-electron chi connectivity index (χ4n) is 3.43. The number of hydrogen-bond donors (Lipinski definition) is 1. The van der Waals surface area contributed by atoms with Gasteiger partial charge in [-0.3, -0.25) is 4.90 Å². The van der Waals surface area contributed by atoms with Gasteiger partial charge in [-0.2, -0.15) is 0 Å². The molecule has 2 N–H and O–H groups in total. The monoisotopic (exact) mass is 310 g/mol. The van der Waals surface area contributed by atoms with E-state index in [2.05, 4.69) is 36.9 Å². The summed E-state index contributed by atoms with van der Waals surface area (Å²) in [5, 5.41) is 0. The van der Waals surface area contributed by atoms with Crippen LogP contribution in [0.15, 0.2) is 18.2 Å².